The van der Waals surface area contributed by atoms with E-state index >= 15 is 0 Å². The van der Waals surface area contributed by atoms with Crippen LogP contribution in [0.1, 0.15) is 94.9 Å². The number of anilines is 2. The van der Waals surface area contributed by atoms with Crippen molar-refractivity contribution in [2.24, 2.45) is 0 Å². The summed E-state index contributed by atoms with van der Waals surface area (Å²) in [5.41, 5.74) is 24.2. The standard InChI is InChI=1S/C55H53B2N3O/c1-9-33(4)50(32(2)3)56-36(7)54-58(48-28-15-24-42-40-22-12-10-20-38(40)30-44(42)48)37(8)59(49-29-16-25-43-41-23-13-11-21-39(41)31-45(43)49)55-53(61)57(51-34(5)18-14-19-35(51)6)47-27-17-26-46(56)52(47)60(54)55/h9,11-13,15-18,21-24,26-29,43,61H,1-2,8,10,14,19-20,25,30-31H2,3-7H3/b50-33+. The summed E-state index contributed by atoms with van der Waals surface area (Å²) in [6.45, 7) is 24.7. The molecule has 3 heterocycles. The second kappa shape index (κ2) is 14.0. The minimum absolute atomic E-state index is 0.102. The number of rotatable bonds is 6. The summed E-state index contributed by atoms with van der Waals surface area (Å²) in [5.74, 6) is 2.92. The normalized spacial score (nSPS) is 21.5. The van der Waals surface area contributed by atoms with Crippen molar-refractivity contribution >= 4 is 41.3 Å². The van der Waals surface area contributed by atoms with Crippen molar-refractivity contribution in [3.63, 3.8) is 0 Å². The Morgan fingerprint density at radius 2 is 1.66 bits per heavy atom. The van der Waals surface area contributed by atoms with Gasteiger partial charge in [0, 0.05) is 17.3 Å². The van der Waals surface area contributed by atoms with Gasteiger partial charge in [-0.05, 0) is 136 Å². The molecule has 3 aromatic carbocycles. The predicted octanol–water partition coefficient (Wildman–Crippen LogP) is 11.7. The molecule has 61 heavy (non-hydrogen) atoms. The molecule has 5 aliphatic carbocycles. The Morgan fingerprint density at radius 1 is 0.852 bits per heavy atom. The van der Waals surface area contributed by atoms with Gasteiger partial charge in [0.15, 0.2) is 5.82 Å². The van der Waals surface area contributed by atoms with E-state index in [1.54, 1.807) is 0 Å². The lowest BCUT2D eigenvalue weighted by Crippen LogP contribution is -2.63. The highest BCUT2D eigenvalue weighted by molar-refractivity contribution is 6.92. The van der Waals surface area contributed by atoms with Gasteiger partial charge < -0.3 is 5.11 Å². The Kier molecular flexibility index (Phi) is 8.66. The number of aliphatic hydroxyl groups excluding tert-OH is 1. The first-order valence-corrected chi connectivity index (χ1v) is 22.3. The highest BCUT2D eigenvalue weighted by Crippen LogP contribution is 2.54. The molecule has 1 atom stereocenters. The zero-order valence-corrected chi connectivity index (χ0v) is 36.3. The molecule has 0 spiro atoms. The third kappa shape index (κ3) is 5.27. The molecule has 11 rings (SSSR count). The molecule has 1 saturated heterocycles. The molecule has 0 bridgehead atoms. The minimum atomic E-state index is -0.351. The van der Waals surface area contributed by atoms with Gasteiger partial charge in [-0.2, -0.15) is 0 Å². The van der Waals surface area contributed by atoms with Crippen LogP contribution in [0, 0.1) is 0 Å². The fourth-order valence-electron chi connectivity index (χ4n) is 12.4. The first-order valence-electron chi connectivity index (χ1n) is 22.3. The SMILES string of the molecule is C=C/C(C)=C(/B1C(C)=C2N(c3cccc4c3CC3=C4C=CCC3)C(=C)N(C3=C4Cc5ccccc5C4CC=C3)C3=C(O)B(C4=C(C)CCC=C4C)c4cccc1c4N32)C(=C)C. The summed E-state index contributed by atoms with van der Waals surface area (Å²) >= 11 is 0. The molecule has 3 aromatic rings. The Hall–Kier alpha value is -6.13. The van der Waals surface area contributed by atoms with Gasteiger partial charge in [-0.25, -0.2) is 0 Å². The third-order valence-electron chi connectivity index (χ3n) is 15.0. The Bertz CT molecular complexity index is 2880. The predicted molar refractivity (Wildman–Crippen MR) is 258 cm³/mol. The molecule has 300 valence electrons. The molecular formula is C55H53B2N3O. The smallest absolute Gasteiger partial charge is 0.293 e. The van der Waals surface area contributed by atoms with Crippen LogP contribution < -0.4 is 20.7 Å². The van der Waals surface area contributed by atoms with Crippen LogP contribution in [0.4, 0.5) is 11.4 Å². The largest absolute Gasteiger partial charge is 0.518 e. The van der Waals surface area contributed by atoms with E-state index in [9.17, 15) is 5.11 Å². The van der Waals surface area contributed by atoms with Crippen molar-refractivity contribution in [3.05, 3.63) is 218 Å². The van der Waals surface area contributed by atoms with Gasteiger partial charge in [-0.3, -0.25) is 14.7 Å². The third-order valence-corrected chi connectivity index (χ3v) is 15.0. The van der Waals surface area contributed by atoms with Crippen molar-refractivity contribution in [3.8, 4) is 0 Å². The van der Waals surface area contributed by atoms with Crippen molar-refractivity contribution < 1.29 is 5.11 Å². The van der Waals surface area contributed by atoms with Gasteiger partial charge in [0.1, 0.15) is 17.3 Å². The maximum Gasteiger partial charge on any atom is 0.293 e. The van der Waals surface area contributed by atoms with E-state index in [-0.39, 0.29) is 19.3 Å². The van der Waals surface area contributed by atoms with Gasteiger partial charge in [0.2, 0.25) is 6.71 Å². The minimum Gasteiger partial charge on any atom is -0.518 e. The Morgan fingerprint density at radius 3 is 2.46 bits per heavy atom. The highest BCUT2D eigenvalue weighted by atomic mass is 16.3. The second-order valence-electron chi connectivity index (χ2n) is 18.4. The van der Waals surface area contributed by atoms with Gasteiger partial charge in [0.25, 0.3) is 6.71 Å². The first-order chi connectivity index (χ1) is 29.6. The number of aliphatic hydroxyl groups is 1. The lowest BCUT2D eigenvalue weighted by Gasteiger charge is -2.56. The van der Waals surface area contributed by atoms with Crippen molar-refractivity contribution in [1.82, 2.24) is 4.90 Å². The maximum absolute atomic E-state index is 13.5. The van der Waals surface area contributed by atoms with Gasteiger partial charge >= 0.3 is 0 Å². The summed E-state index contributed by atoms with van der Waals surface area (Å²) in [5, 5.41) is 13.5. The van der Waals surface area contributed by atoms with E-state index in [4.69, 9.17) is 6.58 Å². The number of fused-ring (bicyclic) bond motifs is 5. The fourth-order valence-corrected chi connectivity index (χ4v) is 12.4. The van der Waals surface area contributed by atoms with E-state index in [0.29, 0.717) is 5.66 Å². The molecule has 0 saturated carbocycles. The van der Waals surface area contributed by atoms with E-state index in [2.05, 4.69) is 154 Å². The molecule has 0 amide bonds. The number of hydrogen-bond acceptors (Lipinski definition) is 4. The number of para-hydroxylation sites is 1. The lowest BCUT2D eigenvalue weighted by molar-refractivity contribution is 0.385. The molecule has 0 aromatic heterocycles. The number of nitrogens with zero attached hydrogens (tertiary/aromatic N) is 3. The van der Waals surface area contributed by atoms with E-state index in [1.165, 1.54) is 72.0 Å². The molecule has 8 aliphatic rings. The lowest BCUT2D eigenvalue weighted by atomic mass is 9.29. The van der Waals surface area contributed by atoms with E-state index in [0.717, 1.165) is 96.1 Å². The van der Waals surface area contributed by atoms with Crippen LogP contribution >= 0.6 is 0 Å². The summed E-state index contributed by atoms with van der Waals surface area (Å²) < 4.78 is 0. The van der Waals surface area contributed by atoms with Crippen LogP contribution in [0.15, 0.2) is 196 Å². The van der Waals surface area contributed by atoms with Crippen LogP contribution in [-0.2, 0) is 12.8 Å². The van der Waals surface area contributed by atoms with Crippen LogP contribution in [-0.4, -0.2) is 23.4 Å². The second-order valence-corrected chi connectivity index (χ2v) is 18.4. The van der Waals surface area contributed by atoms with E-state index < -0.39 is 0 Å². The maximum atomic E-state index is 13.5. The molecule has 3 aliphatic heterocycles. The summed E-state index contributed by atoms with van der Waals surface area (Å²) in [7, 11) is 0. The fraction of sp³-hybridized carbons (Fsp3) is 0.236. The zero-order valence-electron chi connectivity index (χ0n) is 36.3. The molecule has 0 radical (unpaired) electrons. The quantitative estimate of drug-likeness (QED) is 0.199. The topological polar surface area (TPSA) is 30.0 Å². The number of hydrogen-bond donors (Lipinski definition) is 1. The molecule has 6 heteroatoms. The monoisotopic (exact) mass is 793 g/mol. The molecule has 1 unspecified atom stereocenters. The summed E-state index contributed by atoms with van der Waals surface area (Å²) in [4.78, 5) is 7.25. The zero-order chi connectivity index (χ0) is 42.0. The average molecular weight is 794 g/mol. The Balaban J connectivity index is 1.25. The average Bonchev–Trinajstić information content (AvgIpc) is 3.84. The Labute approximate surface area is 362 Å². The molecular weight excluding hydrogens is 740 g/mol. The summed E-state index contributed by atoms with van der Waals surface area (Å²) in [6, 6.07) is 22.6. The van der Waals surface area contributed by atoms with Crippen LogP contribution in [0.5, 0.6) is 0 Å². The van der Waals surface area contributed by atoms with Crippen molar-refractivity contribution in [2.75, 3.05) is 9.80 Å². The van der Waals surface area contributed by atoms with Gasteiger partial charge in [-0.1, -0.05) is 149 Å². The van der Waals surface area contributed by atoms with Crippen LogP contribution in [0.25, 0.3) is 5.57 Å². The molecule has 4 nitrogen and oxygen atoms in total. The van der Waals surface area contributed by atoms with Crippen LogP contribution in [0.3, 0.4) is 0 Å². The van der Waals surface area contributed by atoms with Crippen LogP contribution in [0.2, 0.25) is 0 Å². The molecule has 1 fully saturated rings. The highest BCUT2D eigenvalue weighted by Gasteiger charge is 2.54. The van der Waals surface area contributed by atoms with Crippen molar-refractivity contribution in [1.29, 1.82) is 0 Å². The number of benzene rings is 3. The van der Waals surface area contributed by atoms with Gasteiger partial charge in [-0.15, -0.1) is 0 Å². The molecule has 1 N–H and O–H groups in total. The van der Waals surface area contributed by atoms with Gasteiger partial charge in [0.05, 0.1) is 5.69 Å². The van der Waals surface area contributed by atoms with E-state index in [1.807, 2.05) is 6.08 Å². The first kappa shape index (κ1) is 37.8. The van der Waals surface area contributed by atoms with Crippen molar-refractivity contribution in [2.45, 2.75) is 85.5 Å². The summed E-state index contributed by atoms with van der Waals surface area (Å²) in [6.07, 6.45) is 20.6. The number of allylic oxidation sites excluding steroid dienone is 16.